The lowest BCUT2D eigenvalue weighted by Crippen LogP contribution is -2.63. The minimum absolute atomic E-state index is 0.000848. The molecule has 0 aromatic heterocycles. The van der Waals surface area contributed by atoms with Crippen LogP contribution in [-0.4, -0.2) is 72.2 Å². The Balaban J connectivity index is 1.33. The number of benzene rings is 4. The Kier molecular flexibility index (Phi) is 10.4. The molecule has 0 amide bonds. The lowest BCUT2D eigenvalue weighted by molar-refractivity contribution is -0.312. The number of hydrogen-bond donors (Lipinski definition) is 2. The van der Waals surface area contributed by atoms with Crippen LogP contribution in [-0.2, 0) is 4.74 Å². The number of aromatic hydroxyl groups is 1. The summed E-state index contributed by atoms with van der Waals surface area (Å²) in [5, 5.41) is 10.1. The van der Waals surface area contributed by atoms with Gasteiger partial charge in [-0.1, -0.05) is 48.3 Å². The topological polar surface area (TPSA) is 102 Å². The van der Waals surface area contributed by atoms with Crippen molar-refractivity contribution in [2.24, 2.45) is 10.7 Å². The molecule has 1 fully saturated rings. The predicted molar refractivity (Wildman–Crippen MR) is 198 cm³/mol. The number of fused-ring (bicyclic) bond motifs is 2. The number of halogens is 2. The third-order valence-electron chi connectivity index (χ3n) is 9.74. The molecule has 270 valence electrons. The minimum atomic E-state index is -4.41. The van der Waals surface area contributed by atoms with Crippen LogP contribution in [0.4, 0.5) is 8.63 Å². The summed E-state index contributed by atoms with van der Waals surface area (Å²) >= 11 is 0. The van der Waals surface area contributed by atoms with E-state index < -0.39 is 19.2 Å². The van der Waals surface area contributed by atoms with Crippen molar-refractivity contribution in [3.8, 4) is 23.0 Å². The molecule has 7 rings (SSSR count). The van der Waals surface area contributed by atoms with Gasteiger partial charge in [-0.15, -0.1) is 0 Å². The van der Waals surface area contributed by atoms with Crippen molar-refractivity contribution in [3.63, 3.8) is 0 Å². The molecule has 0 spiro atoms. The summed E-state index contributed by atoms with van der Waals surface area (Å²) in [6, 6.07) is 28.0. The standard InChI is InChI=1S/C40H43BF2N4O5/c1-3-21-49-22-23-51-33-15-7-28(8-16-33)36-25-38(29-9-17-32(18-10-29)50-4-2)47-40(36)45-39-35(27-5-13-31(48)14-6-27)24-37(46(39)41(47,42)43)30-11-19-34(20-12-30)52-26-44/h5-20,24,36,38,40,48H,3-4,21-23,25-26,44H2,1-2H3. The number of nitrogens with zero attached hydrogens (tertiary/aromatic N) is 3. The largest absolute Gasteiger partial charge is 0.609 e. The minimum Gasteiger partial charge on any atom is -0.508 e. The van der Waals surface area contributed by atoms with Crippen molar-refractivity contribution in [1.82, 2.24) is 4.81 Å². The van der Waals surface area contributed by atoms with Crippen LogP contribution >= 0.6 is 0 Å². The van der Waals surface area contributed by atoms with Crippen LogP contribution in [0.2, 0.25) is 0 Å². The average Bonchev–Trinajstić information content (AvgIpc) is 3.74. The van der Waals surface area contributed by atoms with Gasteiger partial charge >= 0.3 is 6.97 Å². The third kappa shape index (κ3) is 6.93. The zero-order valence-corrected chi connectivity index (χ0v) is 29.3. The van der Waals surface area contributed by atoms with Gasteiger partial charge in [-0.2, -0.15) is 0 Å². The normalized spacial score (nSPS) is 20.6. The number of allylic oxidation sites excluding steroid dienone is 1. The number of phenols is 1. The molecule has 0 bridgehead atoms. The van der Waals surface area contributed by atoms with Gasteiger partial charge in [-0.3, -0.25) is 5.73 Å². The molecule has 0 aliphatic carbocycles. The van der Waals surface area contributed by atoms with E-state index in [1.165, 1.54) is 4.81 Å². The Hall–Kier alpha value is -5.04. The van der Waals surface area contributed by atoms with E-state index >= 15 is 8.63 Å². The number of hydrogen-bond acceptors (Lipinski definition) is 8. The van der Waals surface area contributed by atoms with Gasteiger partial charge in [-0.05, 0) is 103 Å². The molecule has 52 heavy (non-hydrogen) atoms. The van der Waals surface area contributed by atoms with Crippen LogP contribution < -0.4 is 19.9 Å². The van der Waals surface area contributed by atoms with E-state index in [1.807, 2.05) is 55.5 Å². The second kappa shape index (κ2) is 15.3. The number of rotatable bonds is 14. The molecular weight excluding hydrogens is 665 g/mol. The smallest absolute Gasteiger partial charge is 0.508 e. The van der Waals surface area contributed by atoms with Crippen molar-refractivity contribution < 1.29 is 37.2 Å². The highest BCUT2D eigenvalue weighted by atomic mass is 19.2. The van der Waals surface area contributed by atoms with E-state index in [1.54, 1.807) is 54.6 Å². The van der Waals surface area contributed by atoms with Gasteiger partial charge in [0.15, 0.2) is 6.17 Å². The molecule has 0 saturated carbocycles. The van der Waals surface area contributed by atoms with Crippen LogP contribution in [0.25, 0.3) is 5.57 Å². The Bertz CT molecular complexity index is 1950. The van der Waals surface area contributed by atoms with Gasteiger partial charge in [0.25, 0.3) is 5.84 Å². The van der Waals surface area contributed by atoms with Gasteiger partial charge in [0, 0.05) is 24.1 Å². The first-order valence-electron chi connectivity index (χ1n) is 17.8. The molecule has 1 saturated heterocycles. The van der Waals surface area contributed by atoms with Crippen LogP contribution in [0.3, 0.4) is 0 Å². The SMILES string of the molecule is CCCOCCOc1ccc(C2CC(c3ccc(OCC)cc3)N3C2N=C2C(c4ccc(O)cc4)=CC(c4ccc(OCN)cc4)=[N+]2[B-]3(F)F)cc1. The van der Waals surface area contributed by atoms with Crippen molar-refractivity contribution in [3.05, 3.63) is 125 Å². The Morgan fingerprint density at radius 3 is 2.06 bits per heavy atom. The van der Waals surface area contributed by atoms with E-state index in [2.05, 4.69) is 6.92 Å². The fourth-order valence-electron chi connectivity index (χ4n) is 7.39. The summed E-state index contributed by atoms with van der Waals surface area (Å²) in [7, 11) is 0. The monoisotopic (exact) mass is 708 g/mol. The second-order valence-corrected chi connectivity index (χ2v) is 13.0. The van der Waals surface area contributed by atoms with Crippen LogP contribution in [0.5, 0.6) is 23.0 Å². The first-order chi connectivity index (χ1) is 25.3. The molecule has 3 heterocycles. The maximum atomic E-state index is 17.8. The summed E-state index contributed by atoms with van der Waals surface area (Å²) in [5.74, 6) is 1.84. The quantitative estimate of drug-likeness (QED) is 0.0817. The molecule has 3 N–H and O–H groups in total. The molecule has 12 heteroatoms. The first-order valence-corrected chi connectivity index (χ1v) is 17.8. The first kappa shape index (κ1) is 35.4. The van der Waals surface area contributed by atoms with E-state index in [0.717, 1.165) is 22.0 Å². The van der Waals surface area contributed by atoms with Crippen molar-refractivity contribution >= 4 is 24.1 Å². The summed E-state index contributed by atoms with van der Waals surface area (Å²) in [5.41, 5.74) is 9.35. The lowest BCUT2D eigenvalue weighted by atomic mass is 9.85. The van der Waals surface area contributed by atoms with Crippen molar-refractivity contribution in [2.45, 2.75) is 44.8 Å². The van der Waals surface area contributed by atoms with Crippen molar-refractivity contribution in [2.75, 3.05) is 33.2 Å². The summed E-state index contributed by atoms with van der Waals surface area (Å²) in [4.78, 5) is 6.54. The molecule has 3 aliphatic heterocycles. The highest BCUT2D eigenvalue weighted by Crippen LogP contribution is 2.52. The van der Waals surface area contributed by atoms with E-state index in [9.17, 15) is 5.11 Å². The number of amidine groups is 1. The fraction of sp³-hybridized carbons (Fsp3) is 0.300. The Morgan fingerprint density at radius 1 is 0.788 bits per heavy atom. The molecule has 0 radical (unpaired) electrons. The maximum Gasteiger partial charge on any atom is 0.609 e. The van der Waals surface area contributed by atoms with E-state index in [-0.39, 0.29) is 24.2 Å². The highest BCUT2D eigenvalue weighted by Gasteiger charge is 2.63. The zero-order valence-electron chi connectivity index (χ0n) is 29.3. The van der Waals surface area contributed by atoms with Gasteiger partial charge in [0.1, 0.15) is 36.3 Å². The average molecular weight is 709 g/mol. The fourth-order valence-corrected chi connectivity index (χ4v) is 7.39. The number of aliphatic imine (C=N–C) groups is 1. The summed E-state index contributed by atoms with van der Waals surface area (Å²) in [6.45, 7) is 1.66. The Labute approximate surface area is 302 Å². The molecule has 9 nitrogen and oxygen atoms in total. The number of nitrogens with two attached hydrogens (primary N) is 1. The predicted octanol–water partition coefficient (Wildman–Crippen LogP) is 7.13. The molecule has 4 aromatic carbocycles. The molecule has 3 atom stereocenters. The number of ether oxygens (including phenoxy) is 4. The van der Waals surface area contributed by atoms with Gasteiger partial charge in [0.05, 0.1) is 24.5 Å². The van der Waals surface area contributed by atoms with E-state index in [0.29, 0.717) is 72.5 Å². The van der Waals surface area contributed by atoms with Gasteiger partial charge in [-0.25, -0.2) is 0 Å². The maximum absolute atomic E-state index is 17.8. The van der Waals surface area contributed by atoms with Crippen LogP contribution in [0, 0.1) is 0 Å². The highest BCUT2D eigenvalue weighted by molar-refractivity contribution is 6.60. The zero-order chi connectivity index (χ0) is 36.2. The lowest BCUT2D eigenvalue weighted by Gasteiger charge is -2.43. The molecule has 4 aromatic rings. The van der Waals surface area contributed by atoms with Crippen molar-refractivity contribution in [1.29, 1.82) is 0 Å². The van der Waals surface area contributed by atoms with Crippen LogP contribution in [0.1, 0.15) is 60.9 Å². The summed E-state index contributed by atoms with van der Waals surface area (Å²) in [6.07, 6.45) is 2.26. The summed E-state index contributed by atoms with van der Waals surface area (Å²) < 4.78 is 59.2. The van der Waals surface area contributed by atoms with E-state index in [4.69, 9.17) is 29.7 Å². The number of phenolic OH excluding ortho intramolecular Hbond substituents is 1. The Morgan fingerprint density at radius 2 is 1.40 bits per heavy atom. The third-order valence-corrected chi connectivity index (χ3v) is 9.74. The molecule has 3 aliphatic rings. The van der Waals surface area contributed by atoms with Gasteiger partial charge in [0.2, 0.25) is 0 Å². The van der Waals surface area contributed by atoms with Gasteiger partial charge < -0.3 is 42.0 Å². The molecular formula is C40H43BF2N4O5. The van der Waals surface area contributed by atoms with Crippen LogP contribution in [0.15, 0.2) is 108 Å². The second-order valence-electron chi connectivity index (χ2n) is 13.0. The molecule has 3 unspecified atom stereocenters.